The van der Waals surface area contributed by atoms with E-state index in [1.165, 1.54) is 12.1 Å². The van der Waals surface area contributed by atoms with E-state index in [9.17, 15) is 10.2 Å². The van der Waals surface area contributed by atoms with Crippen LogP contribution in [0, 0.1) is 24.7 Å². The first-order valence-corrected chi connectivity index (χ1v) is 7.15. The summed E-state index contributed by atoms with van der Waals surface area (Å²) in [5.74, 6) is 4.71. The van der Waals surface area contributed by atoms with Crippen molar-refractivity contribution < 1.29 is 10.2 Å². The predicted octanol–water partition coefficient (Wildman–Crippen LogP) is 3.05. The highest BCUT2D eigenvalue weighted by molar-refractivity contribution is 6.34. The molecule has 0 bridgehead atoms. The monoisotopic (exact) mass is 328 g/mol. The summed E-state index contributed by atoms with van der Waals surface area (Å²) in [6, 6.07) is 9.63. The largest absolute Gasteiger partial charge is 0.369 e. The van der Waals surface area contributed by atoms with E-state index >= 15 is 0 Å². The van der Waals surface area contributed by atoms with Gasteiger partial charge in [-0.1, -0.05) is 59.3 Å². The summed E-state index contributed by atoms with van der Waals surface area (Å²) in [6.07, 6.45) is 11.2. The van der Waals surface area contributed by atoms with Crippen LogP contribution in [0.4, 0.5) is 0 Å². The summed E-state index contributed by atoms with van der Waals surface area (Å²) >= 11 is 12.5. The van der Waals surface area contributed by atoms with Crippen LogP contribution < -0.4 is 0 Å². The van der Waals surface area contributed by atoms with Crippen molar-refractivity contribution in [2.45, 2.75) is 11.2 Å². The Balaban J connectivity index is 2.58. The molecule has 0 saturated heterocycles. The lowest BCUT2D eigenvalue weighted by Crippen LogP contribution is -2.42. The lowest BCUT2D eigenvalue weighted by molar-refractivity contribution is 0.0948. The second-order valence-corrected chi connectivity index (χ2v) is 5.85. The fourth-order valence-corrected chi connectivity index (χ4v) is 3.53. The molecule has 0 aromatic heterocycles. The third kappa shape index (κ3) is 1.67. The molecule has 1 aliphatic rings. The van der Waals surface area contributed by atoms with Crippen molar-refractivity contribution in [1.29, 1.82) is 0 Å². The SMILES string of the molecule is C#C[C@@]1(O)c2ccccc2[C@](O)(C#C)c2c(Cl)ccc(Cl)c21. The quantitative estimate of drug-likeness (QED) is 0.730. The van der Waals surface area contributed by atoms with E-state index in [1.54, 1.807) is 24.3 Å². The van der Waals surface area contributed by atoms with E-state index in [-0.39, 0.29) is 21.2 Å². The zero-order valence-corrected chi connectivity index (χ0v) is 12.8. The Morgan fingerprint density at radius 1 is 0.773 bits per heavy atom. The summed E-state index contributed by atoms with van der Waals surface area (Å²) in [7, 11) is 0. The minimum absolute atomic E-state index is 0.142. The standard InChI is InChI=1S/C18H10Cl2O2/c1-3-17(21)11-7-5-6-8-12(11)18(22,4-2)16-14(20)10-9-13(19)15(16)17/h1-2,5-10,21-22H/t17-,18-/m1/s1. The molecule has 0 unspecified atom stereocenters. The fourth-order valence-electron chi connectivity index (χ4n) is 2.94. The highest BCUT2D eigenvalue weighted by atomic mass is 35.5. The van der Waals surface area contributed by atoms with Gasteiger partial charge in [-0.2, -0.15) is 0 Å². The molecule has 2 aromatic carbocycles. The molecule has 0 fully saturated rings. The van der Waals surface area contributed by atoms with Gasteiger partial charge in [0, 0.05) is 32.3 Å². The minimum atomic E-state index is -1.82. The predicted molar refractivity (Wildman–Crippen MR) is 86.6 cm³/mol. The first-order valence-electron chi connectivity index (χ1n) is 6.39. The average molecular weight is 329 g/mol. The topological polar surface area (TPSA) is 40.5 Å². The van der Waals surface area contributed by atoms with Gasteiger partial charge >= 0.3 is 0 Å². The number of terminal acetylenes is 2. The van der Waals surface area contributed by atoms with E-state index in [4.69, 9.17) is 36.0 Å². The second-order valence-electron chi connectivity index (χ2n) is 5.03. The van der Waals surface area contributed by atoms with Crippen LogP contribution >= 0.6 is 23.2 Å². The third-order valence-electron chi connectivity index (χ3n) is 3.95. The van der Waals surface area contributed by atoms with Crippen LogP contribution in [0.3, 0.4) is 0 Å². The molecule has 4 heteroatoms. The van der Waals surface area contributed by atoms with Gasteiger partial charge in [0.15, 0.2) is 11.2 Å². The van der Waals surface area contributed by atoms with Crippen LogP contribution in [-0.2, 0) is 11.2 Å². The molecule has 22 heavy (non-hydrogen) atoms. The molecular weight excluding hydrogens is 319 g/mol. The number of fused-ring (bicyclic) bond motifs is 2. The van der Waals surface area contributed by atoms with Crippen molar-refractivity contribution in [3.05, 3.63) is 68.7 Å². The van der Waals surface area contributed by atoms with Crippen molar-refractivity contribution in [2.24, 2.45) is 0 Å². The molecule has 2 atom stereocenters. The fraction of sp³-hybridized carbons (Fsp3) is 0.111. The zero-order chi connectivity index (χ0) is 16.1. The van der Waals surface area contributed by atoms with Gasteiger partial charge in [-0.3, -0.25) is 0 Å². The molecule has 0 spiro atoms. The maximum Gasteiger partial charge on any atom is 0.178 e. The van der Waals surface area contributed by atoms with Crippen molar-refractivity contribution >= 4 is 23.2 Å². The van der Waals surface area contributed by atoms with Crippen LogP contribution in [0.1, 0.15) is 22.3 Å². The summed E-state index contributed by atoms with van der Waals surface area (Å²) in [5, 5.41) is 22.5. The Labute approximate surface area is 138 Å². The van der Waals surface area contributed by atoms with Crippen LogP contribution in [0.25, 0.3) is 0 Å². The lowest BCUT2D eigenvalue weighted by Gasteiger charge is -2.40. The molecule has 1 aliphatic carbocycles. The van der Waals surface area contributed by atoms with Gasteiger partial charge in [-0.15, -0.1) is 12.8 Å². The van der Waals surface area contributed by atoms with Gasteiger partial charge in [-0.05, 0) is 12.1 Å². The third-order valence-corrected chi connectivity index (χ3v) is 4.58. The molecule has 2 N–H and O–H groups in total. The molecule has 2 aromatic rings. The average Bonchev–Trinajstić information content (AvgIpc) is 2.54. The Kier molecular flexibility index (Phi) is 3.25. The second kappa shape index (κ2) is 4.78. The Morgan fingerprint density at radius 3 is 1.45 bits per heavy atom. The summed E-state index contributed by atoms with van der Waals surface area (Å²) in [5.41, 5.74) is -2.73. The molecule has 0 radical (unpaired) electrons. The number of halogens is 2. The first-order chi connectivity index (χ1) is 10.4. The van der Waals surface area contributed by atoms with Crippen LogP contribution in [0.5, 0.6) is 0 Å². The van der Waals surface area contributed by atoms with Crippen LogP contribution in [-0.4, -0.2) is 10.2 Å². The smallest absolute Gasteiger partial charge is 0.178 e. The van der Waals surface area contributed by atoms with Gasteiger partial charge in [0.2, 0.25) is 0 Å². The van der Waals surface area contributed by atoms with Crippen molar-refractivity contribution in [3.8, 4) is 24.7 Å². The number of rotatable bonds is 0. The van der Waals surface area contributed by atoms with Gasteiger partial charge in [-0.25, -0.2) is 0 Å². The molecule has 108 valence electrons. The molecular formula is C18H10Cl2O2. The van der Waals surface area contributed by atoms with E-state index in [1.807, 2.05) is 0 Å². The minimum Gasteiger partial charge on any atom is -0.369 e. The van der Waals surface area contributed by atoms with Gasteiger partial charge in [0.05, 0.1) is 0 Å². The Hall–Kier alpha value is -1.94. The number of hydrogen-bond donors (Lipinski definition) is 2. The van der Waals surface area contributed by atoms with Crippen molar-refractivity contribution in [1.82, 2.24) is 0 Å². The summed E-state index contributed by atoms with van der Waals surface area (Å²) in [4.78, 5) is 0. The molecule has 0 aliphatic heterocycles. The lowest BCUT2D eigenvalue weighted by atomic mass is 9.68. The van der Waals surface area contributed by atoms with E-state index < -0.39 is 11.2 Å². The number of benzene rings is 2. The first kappa shape index (κ1) is 15.0. The van der Waals surface area contributed by atoms with Crippen molar-refractivity contribution in [3.63, 3.8) is 0 Å². The van der Waals surface area contributed by atoms with E-state index in [0.29, 0.717) is 11.1 Å². The highest BCUT2D eigenvalue weighted by Gasteiger charge is 2.50. The van der Waals surface area contributed by atoms with Crippen LogP contribution in [0.2, 0.25) is 10.0 Å². The van der Waals surface area contributed by atoms with Crippen molar-refractivity contribution in [2.75, 3.05) is 0 Å². The van der Waals surface area contributed by atoms with Crippen LogP contribution in [0.15, 0.2) is 36.4 Å². The van der Waals surface area contributed by atoms with Gasteiger partial charge in [0.25, 0.3) is 0 Å². The maximum atomic E-state index is 11.1. The Bertz CT molecular complexity index is 804. The highest BCUT2D eigenvalue weighted by Crippen LogP contribution is 2.51. The molecule has 0 heterocycles. The van der Waals surface area contributed by atoms with Gasteiger partial charge < -0.3 is 10.2 Å². The zero-order valence-electron chi connectivity index (χ0n) is 11.3. The summed E-state index contributed by atoms with van der Waals surface area (Å²) < 4.78 is 0. The van der Waals surface area contributed by atoms with Gasteiger partial charge in [0.1, 0.15) is 0 Å². The number of hydrogen-bond acceptors (Lipinski definition) is 2. The molecule has 0 amide bonds. The normalized spacial score (nSPS) is 25.5. The molecule has 0 saturated carbocycles. The van der Waals surface area contributed by atoms with E-state index in [2.05, 4.69) is 11.8 Å². The summed E-state index contributed by atoms with van der Waals surface area (Å²) in [6.45, 7) is 0. The Morgan fingerprint density at radius 2 is 1.14 bits per heavy atom. The number of aliphatic hydroxyl groups is 2. The maximum absolute atomic E-state index is 11.1. The molecule has 3 rings (SSSR count). The van der Waals surface area contributed by atoms with E-state index in [0.717, 1.165) is 0 Å². The molecule has 2 nitrogen and oxygen atoms in total.